The number of rotatable bonds is 5. The van der Waals surface area contributed by atoms with E-state index in [1.807, 2.05) is 25.0 Å². The number of aromatic nitrogens is 2. The van der Waals surface area contributed by atoms with Crippen LogP contribution >= 0.6 is 0 Å². The van der Waals surface area contributed by atoms with Gasteiger partial charge in [-0.25, -0.2) is 0 Å². The normalized spacial score (nSPS) is 19.4. The van der Waals surface area contributed by atoms with Gasteiger partial charge in [-0.15, -0.1) is 0 Å². The Kier molecular flexibility index (Phi) is 4.18. The lowest BCUT2D eigenvalue weighted by molar-refractivity contribution is 0.0115. The van der Waals surface area contributed by atoms with E-state index in [0.29, 0.717) is 5.41 Å². The monoisotopic (exact) mass is 237 g/mol. The summed E-state index contributed by atoms with van der Waals surface area (Å²) < 4.78 is 7.36. The smallest absolute Gasteiger partial charge is 0.0521 e. The highest BCUT2D eigenvalue weighted by Crippen LogP contribution is 2.34. The van der Waals surface area contributed by atoms with E-state index in [9.17, 15) is 0 Å². The number of hydrogen-bond acceptors (Lipinski definition) is 3. The maximum atomic E-state index is 5.48. The molecule has 0 atom stereocenters. The van der Waals surface area contributed by atoms with Crippen LogP contribution < -0.4 is 5.32 Å². The van der Waals surface area contributed by atoms with E-state index in [1.165, 1.54) is 24.8 Å². The lowest BCUT2D eigenvalue weighted by atomic mass is 9.76. The Morgan fingerprint density at radius 3 is 2.82 bits per heavy atom. The van der Waals surface area contributed by atoms with Crippen LogP contribution in [0, 0.1) is 5.41 Å². The van der Waals surface area contributed by atoms with E-state index < -0.39 is 0 Å². The van der Waals surface area contributed by atoms with Gasteiger partial charge in [-0.1, -0.05) is 0 Å². The van der Waals surface area contributed by atoms with E-state index in [1.54, 1.807) is 0 Å². The molecule has 1 aliphatic rings. The highest BCUT2D eigenvalue weighted by Gasteiger charge is 2.31. The second kappa shape index (κ2) is 5.65. The minimum absolute atomic E-state index is 0.419. The average molecular weight is 237 g/mol. The Bertz CT molecular complexity index is 337. The van der Waals surface area contributed by atoms with Gasteiger partial charge in [-0.05, 0) is 43.7 Å². The van der Waals surface area contributed by atoms with Crippen molar-refractivity contribution in [1.82, 2.24) is 15.1 Å². The van der Waals surface area contributed by atoms with Gasteiger partial charge in [0.15, 0.2) is 0 Å². The number of aryl methyl sites for hydroxylation is 2. The largest absolute Gasteiger partial charge is 0.381 e. The Morgan fingerprint density at radius 1 is 1.47 bits per heavy atom. The minimum atomic E-state index is 0.419. The first kappa shape index (κ1) is 12.6. The predicted octanol–water partition coefficient (Wildman–Crippen LogP) is 1.37. The quantitative estimate of drug-likeness (QED) is 0.840. The van der Waals surface area contributed by atoms with E-state index in [4.69, 9.17) is 4.74 Å². The lowest BCUT2D eigenvalue weighted by Crippen LogP contribution is -2.38. The maximum Gasteiger partial charge on any atom is 0.0521 e. The van der Waals surface area contributed by atoms with Gasteiger partial charge in [0.2, 0.25) is 0 Å². The Hall–Kier alpha value is -0.870. The fraction of sp³-hybridized carbons (Fsp3) is 0.769. The fourth-order valence-electron chi connectivity index (χ4n) is 2.71. The van der Waals surface area contributed by atoms with Crippen molar-refractivity contribution in [2.24, 2.45) is 12.5 Å². The van der Waals surface area contributed by atoms with Crippen LogP contribution in [0.4, 0.5) is 0 Å². The summed E-state index contributed by atoms with van der Waals surface area (Å²) in [6.07, 6.45) is 8.79. The molecule has 1 N–H and O–H groups in total. The van der Waals surface area contributed by atoms with E-state index >= 15 is 0 Å². The first-order valence-corrected chi connectivity index (χ1v) is 6.44. The molecule has 0 saturated carbocycles. The highest BCUT2D eigenvalue weighted by molar-refractivity contribution is 5.04. The molecule has 4 heteroatoms. The summed E-state index contributed by atoms with van der Waals surface area (Å²) in [7, 11) is 4.02. The van der Waals surface area contributed by atoms with Crippen LogP contribution in [0.15, 0.2) is 12.4 Å². The average Bonchev–Trinajstić information content (AvgIpc) is 2.75. The number of ether oxygens (including phenoxy) is 1. The SMILES string of the molecule is CNCC1(CCc2cnn(C)c2)CCOCC1. The Morgan fingerprint density at radius 2 is 2.24 bits per heavy atom. The molecule has 1 aromatic rings. The van der Waals surface area contributed by atoms with Gasteiger partial charge in [-0.3, -0.25) is 4.68 Å². The summed E-state index contributed by atoms with van der Waals surface area (Å²) in [4.78, 5) is 0. The van der Waals surface area contributed by atoms with Crippen molar-refractivity contribution in [2.75, 3.05) is 26.8 Å². The second-order valence-corrected chi connectivity index (χ2v) is 5.16. The zero-order valence-corrected chi connectivity index (χ0v) is 10.9. The molecular weight excluding hydrogens is 214 g/mol. The molecule has 1 aromatic heterocycles. The summed E-state index contributed by atoms with van der Waals surface area (Å²) in [5.74, 6) is 0. The summed E-state index contributed by atoms with van der Waals surface area (Å²) in [5, 5.41) is 7.57. The van der Waals surface area contributed by atoms with Crippen LogP contribution in [0.25, 0.3) is 0 Å². The second-order valence-electron chi connectivity index (χ2n) is 5.16. The predicted molar refractivity (Wildman–Crippen MR) is 67.9 cm³/mol. The molecule has 2 heterocycles. The Balaban J connectivity index is 1.93. The van der Waals surface area contributed by atoms with Crippen LogP contribution in [0.5, 0.6) is 0 Å². The molecule has 0 aromatic carbocycles. The van der Waals surface area contributed by atoms with Crippen molar-refractivity contribution in [3.63, 3.8) is 0 Å². The van der Waals surface area contributed by atoms with Crippen molar-refractivity contribution < 1.29 is 4.74 Å². The lowest BCUT2D eigenvalue weighted by Gasteiger charge is -2.37. The Labute approximate surface area is 103 Å². The topological polar surface area (TPSA) is 39.1 Å². The third-order valence-corrected chi connectivity index (χ3v) is 3.81. The first-order chi connectivity index (χ1) is 8.24. The van der Waals surface area contributed by atoms with Crippen molar-refractivity contribution in [3.8, 4) is 0 Å². The van der Waals surface area contributed by atoms with E-state index in [-0.39, 0.29) is 0 Å². The van der Waals surface area contributed by atoms with Crippen molar-refractivity contribution >= 4 is 0 Å². The number of nitrogens with one attached hydrogen (secondary N) is 1. The molecule has 0 spiro atoms. The molecule has 96 valence electrons. The van der Waals surface area contributed by atoms with Gasteiger partial charge >= 0.3 is 0 Å². The maximum absolute atomic E-state index is 5.48. The zero-order valence-electron chi connectivity index (χ0n) is 10.9. The summed E-state index contributed by atoms with van der Waals surface area (Å²) in [6, 6.07) is 0. The molecule has 2 rings (SSSR count). The molecule has 0 amide bonds. The molecule has 0 bridgehead atoms. The number of hydrogen-bond donors (Lipinski definition) is 1. The molecule has 0 unspecified atom stereocenters. The standard InChI is InChI=1S/C13H23N3O/c1-14-11-13(5-7-17-8-6-13)4-3-12-9-15-16(2)10-12/h9-10,14H,3-8,11H2,1-2H3. The van der Waals surface area contributed by atoms with Gasteiger partial charge in [0.1, 0.15) is 0 Å². The van der Waals surface area contributed by atoms with Crippen LogP contribution in [0.1, 0.15) is 24.8 Å². The first-order valence-electron chi connectivity index (χ1n) is 6.44. The third-order valence-electron chi connectivity index (χ3n) is 3.81. The fourth-order valence-corrected chi connectivity index (χ4v) is 2.71. The molecule has 1 fully saturated rings. The van der Waals surface area contributed by atoms with Crippen LogP contribution in [-0.2, 0) is 18.2 Å². The molecule has 0 radical (unpaired) electrons. The molecule has 0 aliphatic carbocycles. The zero-order chi connectivity index (χ0) is 12.1. The third kappa shape index (κ3) is 3.30. The van der Waals surface area contributed by atoms with E-state index in [0.717, 1.165) is 26.2 Å². The van der Waals surface area contributed by atoms with Gasteiger partial charge < -0.3 is 10.1 Å². The molecule has 17 heavy (non-hydrogen) atoms. The molecule has 1 aliphatic heterocycles. The highest BCUT2D eigenvalue weighted by atomic mass is 16.5. The van der Waals surface area contributed by atoms with Gasteiger partial charge in [0.25, 0.3) is 0 Å². The number of nitrogens with zero attached hydrogens (tertiary/aromatic N) is 2. The molecule has 4 nitrogen and oxygen atoms in total. The van der Waals surface area contributed by atoms with Gasteiger partial charge in [0.05, 0.1) is 6.20 Å². The minimum Gasteiger partial charge on any atom is -0.381 e. The van der Waals surface area contributed by atoms with E-state index in [2.05, 4.69) is 16.6 Å². The summed E-state index contributed by atoms with van der Waals surface area (Å²) in [6.45, 7) is 2.92. The van der Waals surface area contributed by atoms with Gasteiger partial charge in [0, 0.05) is 33.0 Å². The summed E-state index contributed by atoms with van der Waals surface area (Å²) >= 11 is 0. The van der Waals surface area contributed by atoms with Crippen molar-refractivity contribution in [3.05, 3.63) is 18.0 Å². The van der Waals surface area contributed by atoms with Crippen LogP contribution in [0.3, 0.4) is 0 Å². The van der Waals surface area contributed by atoms with Crippen LogP contribution in [-0.4, -0.2) is 36.6 Å². The van der Waals surface area contributed by atoms with Crippen molar-refractivity contribution in [2.45, 2.75) is 25.7 Å². The summed E-state index contributed by atoms with van der Waals surface area (Å²) in [5.41, 5.74) is 1.76. The molecular formula is C13H23N3O. The van der Waals surface area contributed by atoms with Crippen molar-refractivity contribution in [1.29, 1.82) is 0 Å². The van der Waals surface area contributed by atoms with Crippen LogP contribution in [0.2, 0.25) is 0 Å². The molecule has 1 saturated heterocycles. The van der Waals surface area contributed by atoms with Gasteiger partial charge in [-0.2, -0.15) is 5.10 Å².